The molecule has 0 amide bonds. The van der Waals surface area contributed by atoms with Crippen molar-refractivity contribution in [1.29, 1.82) is 0 Å². The van der Waals surface area contributed by atoms with Gasteiger partial charge < -0.3 is 0 Å². The third-order valence-corrected chi connectivity index (χ3v) is 13.0. The maximum atomic E-state index is 2.17. The minimum absolute atomic E-state index is 1.45. The summed E-state index contributed by atoms with van der Waals surface area (Å²) in [5.41, 5.74) is 0. The fourth-order valence-electron chi connectivity index (χ4n) is 1.36. The second-order valence-electron chi connectivity index (χ2n) is 3.15. The van der Waals surface area contributed by atoms with E-state index in [1.807, 2.05) is 94.1 Å². The summed E-state index contributed by atoms with van der Waals surface area (Å²) in [4.78, 5) is 0. The second-order valence-corrected chi connectivity index (χ2v) is 12.4. The van der Waals surface area contributed by atoms with Gasteiger partial charge in [-0.1, -0.05) is 94.1 Å². The van der Waals surface area contributed by atoms with Gasteiger partial charge >= 0.3 is 0 Å². The van der Waals surface area contributed by atoms with E-state index in [1.165, 1.54) is 25.4 Å². The van der Waals surface area contributed by atoms with Crippen molar-refractivity contribution in [3.05, 3.63) is 47.1 Å². The molecule has 0 N–H and O–H groups in total. The summed E-state index contributed by atoms with van der Waals surface area (Å²) >= 11 is 15.2. The molecule has 4 heterocycles. The minimum atomic E-state index is 1.45. The zero-order valence-electron chi connectivity index (χ0n) is 8.58. The predicted octanol–water partition coefficient (Wildman–Crippen LogP) is 7.23. The Kier molecular flexibility index (Phi) is 4.18. The Balaban J connectivity index is 1.51. The molecule has 0 unspecified atom stereocenters. The van der Waals surface area contributed by atoms with E-state index in [0.717, 1.165) is 0 Å². The van der Waals surface area contributed by atoms with Gasteiger partial charge in [0.2, 0.25) is 0 Å². The normalized spacial score (nSPS) is 26.2. The SMILES string of the molecule is C1=CSC(=C2SC3=C(S2)SC(=C2SC=CS2)S3)S1. The zero-order chi connectivity index (χ0) is 11.9. The Morgan fingerprint density at radius 2 is 0.667 bits per heavy atom. The molecule has 0 radical (unpaired) electrons. The highest BCUT2D eigenvalue weighted by Gasteiger charge is 2.33. The van der Waals surface area contributed by atoms with Crippen LogP contribution in [-0.4, -0.2) is 0 Å². The Morgan fingerprint density at radius 3 is 1.00 bits per heavy atom. The third-order valence-electron chi connectivity index (χ3n) is 2.05. The van der Waals surface area contributed by atoms with E-state index in [9.17, 15) is 0 Å². The molecule has 0 aromatic carbocycles. The highest BCUT2D eigenvalue weighted by Crippen LogP contribution is 2.70. The summed E-state index contributed by atoms with van der Waals surface area (Å²) in [6.07, 6.45) is 0. The second kappa shape index (κ2) is 5.71. The topological polar surface area (TPSA) is 0 Å². The molecule has 0 bridgehead atoms. The minimum Gasteiger partial charge on any atom is -0.0884 e. The summed E-state index contributed by atoms with van der Waals surface area (Å²) in [6, 6.07) is 0. The molecule has 18 heavy (non-hydrogen) atoms. The quantitative estimate of drug-likeness (QED) is 0.426. The van der Waals surface area contributed by atoms with Crippen molar-refractivity contribution in [1.82, 2.24) is 0 Å². The van der Waals surface area contributed by atoms with Crippen molar-refractivity contribution in [3.8, 4) is 0 Å². The molecular formula is C10H4S8. The Hall–Kier alpha value is 1.50. The molecule has 0 atom stereocenters. The van der Waals surface area contributed by atoms with E-state index in [4.69, 9.17) is 0 Å². The molecule has 0 aromatic heterocycles. The largest absolute Gasteiger partial charge is 0.0884 e. The summed E-state index contributed by atoms with van der Waals surface area (Å²) < 4.78 is 8.79. The Bertz CT molecular complexity index is 474. The van der Waals surface area contributed by atoms with Crippen LogP contribution in [0.2, 0.25) is 0 Å². The maximum Gasteiger partial charge on any atom is 0.0718 e. The van der Waals surface area contributed by atoms with Crippen molar-refractivity contribution in [2.75, 3.05) is 0 Å². The van der Waals surface area contributed by atoms with Crippen LogP contribution in [-0.2, 0) is 0 Å². The van der Waals surface area contributed by atoms with E-state index >= 15 is 0 Å². The number of rotatable bonds is 0. The molecular weight excluding hydrogens is 377 g/mol. The van der Waals surface area contributed by atoms with Crippen molar-refractivity contribution in [3.63, 3.8) is 0 Å². The average Bonchev–Trinajstić information content (AvgIpc) is 3.13. The first-order valence-electron chi connectivity index (χ1n) is 4.81. The number of thioether (sulfide) groups is 8. The summed E-state index contributed by atoms with van der Waals surface area (Å²) in [5.74, 6) is 0. The van der Waals surface area contributed by atoms with E-state index in [1.54, 1.807) is 0 Å². The van der Waals surface area contributed by atoms with Crippen LogP contribution in [0.15, 0.2) is 47.1 Å². The molecule has 0 aliphatic carbocycles. The summed E-state index contributed by atoms with van der Waals surface area (Å²) in [7, 11) is 0. The molecule has 92 valence electrons. The molecule has 0 nitrogen and oxygen atoms in total. The van der Waals surface area contributed by atoms with Gasteiger partial charge in [0, 0.05) is 0 Å². The molecule has 4 rings (SSSR count). The monoisotopic (exact) mass is 380 g/mol. The maximum absolute atomic E-state index is 2.17. The van der Waals surface area contributed by atoms with E-state index in [2.05, 4.69) is 21.6 Å². The fourth-order valence-corrected chi connectivity index (χ4v) is 12.0. The lowest BCUT2D eigenvalue weighted by Crippen LogP contribution is -1.71. The summed E-state index contributed by atoms with van der Waals surface area (Å²) in [6.45, 7) is 0. The van der Waals surface area contributed by atoms with Gasteiger partial charge in [-0.15, -0.1) is 0 Å². The molecule has 0 spiro atoms. The summed E-state index contributed by atoms with van der Waals surface area (Å²) in [5, 5.41) is 8.68. The molecule has 4 aliphatic heterocycles. The van der Waals surface area contributed by atoms with Gasteiger partial charge in [-0.05, 0) is 21.6 Å². The average molecular weight is 381 g/mol. The highest BCUT2D eigenvalue weighted by molar-refractivity contribution is 8.49. The van der Waals surface area contributed by atoms with Gasteiger partial charge in [0.1, 0.15) is 0 Å². The fraction of sp³-hybridized carbons (Fsp3) is 0. The lowest BCUT2D eigenvalue weighted by molar-refractivity contribution is 2.35. The van der Waals surface area contributed by atoms with E-state index in [-0.39, 0.29) is 0 Å². The first-order chi connectivity index (χ1) is 8.90. The van der Waals surface area contributed by atoms with Gasteiger partial charge in [-0.25, -0.2) is 0 Å². The molecule has 0 saturated heterocycles. The number of hydrogen-bond acceptors (Lipinski definition) is 8. The first kappa shape index (κ1) is 13.2. The van der Waals surface area contributed by atoms with Crippen molar-refractivity contribution >= 4 is 94.1 Å². The van der Waals surface area contributed by atoms with Crippen LogP contribution in [0, 0.1) is 0 Å². The van der Waals surface area contributed by atoms with Gasteiger partial charge in [0.05, 0.1) is 25.4 Å². The zero-order valence-corrected chi connectivity index (χ0v) is 15.1. The van der Waals surface area contributed by atoms with Crippen molar-refractivity contribution in [2.45, 2.75) is 0 Å². The lowest BCUT2D eigenvalue weighted by atomic mass is 11.2. The molecule has 0 aromatic rings. The Morgan fingerprint density at radius 1 is 0.389 bits per heavy atom. The molecule has 4 aliphatic rings. The van der Waals surface area contributed by atoms with E-state index in [0.29, 0.717) is 0 Å². The third kappa shape index (κ3) is 2.52. The van der Waals surface area contributed by atoms with Crippen LogP contribution < -0.4 is 0 Å². The Labute approximate surface area is 140 Å². The predicted molar refractivity (Wildman–Crippen MR) is 100 cm³/mol. The van der Waals surface area contributed by atoms with Gasteiger partial charge in [-0.2, -0.15) is 0 Å². The standard InChI is InChI=1S/C10H4S8/c1-2-12-5(11-1)7-15-9-10(16-7)18-8(17-9)6-13-3-4-14-6/h1-4H. The van der Waals surface area contributed by atoms with Crippen LogP contribution in [0.25, 0.3) is 0 Å². The van der Waals surface area contributed by atoms with Crippen LogP contribution in [0.5, 0.6) is 0 Å². The number of hydrogen-bond donors (Lipinski definition) is 0. The highest BCUT2D eigenvalue weighted by atomic mass is 32.3. The van der Waals surface area contributed by atoms with Gasteiger partial charge in [0.15, 0.2) is 0 Å². The van der Waals surface area contributed by atoms with Crippen LogP contribution in [0.3, 0.4) is 0 Å². The van der Waals surface area contributed by atoms with Gasteiger partial charge in [-0.3, -0.25) is 0 Å². The van der Waals surface area contributed by atoms with Crippen molar-refractivity contribution in [2.24, 2.45) is 0 Å². The van der Waals surface area contributed by atoms with Crippen molar-refractivity contribution < 1.29 is 0 Å². The molecule has 0 saturated carbocycles. The van der Waals surface area contributed by atoms with Crippen LogP contribution in [0.1, 0.15) is 0 Å². The smallest absolute Gasteiger partial charge is 0.0718 e. The molecule has 8 heteroatoms. The first-order valence-corrected chi connectivity index (χ1v) is 11.6. The lowest BCUT2D eigenvalue weighted by Gasteiger charge is -2.06. The van der Waals surface area contributed by atoms with Crippen LogP contribution in [0.4, 0.5) is 0 Å². The van der Waals surface area contributed by atoms with E-state index < -0.39 is 0 Å². The molecule has 0 fully saturated rings. The van der Waals surface area contributed by atoms with Gasteiger partial charge in [0.25, 0.3) is 0 Å². The van der Waals surface area contributed by atoms with Crippen LogP contribution >= 0.6 is 94.1 Å².